The molecule has 132 valence electrons. The highest BCUT2D eigenvalue weighted by Gasteiger charge is 2.25. The zero-order chi connectivity index (χ0) is 18.0. The van der Waals surface area contributed by atoms with Crippen LogP contribution in [0, 0.1) is 13.8 Å². The van der Waals surface area contributed by atoms with Crippen molar-refractivity contribution in [3.8, 4) is 0 Å². The molecule has 2 aromatic rings. The van der Waals surface area contributed by atoms with E-state index in [1.54, 1.807) is 30.3 Å². The molecule has 3 rings (SSSR count). The van der Waals surface area contributed by atoms with Crippen LogP contribution in [0.4, 0.5) is 11.4 Å². The molecule has 0 aromatic heterocycles. The van der Waals surface area contributed by atoms with Crippen LogP contribution in [0.1, 0.15) is 34.3 Å². The summed E-state index contributed by atoms with van der Waals surface area (Å²) in [6, 6.07) is 12.5. The maximum Gasteiger partial charge on any atom is 0.255 e. The lowest BCUT2D eigenvalue weighted by atomic mass is 10.1. The minimum Gasteiger partial charge on any atom is -0.322 e. The van der Waals surface area contributed by atoms with E-state index in [0.717, 1.165) is 17.5 Å². The van der Waals surface area contributed by atoms with E-state index in [1.807, 2.05) is 26.0 Å². The number of hydrogen-bond acceptors (Lipinski definition) is 3. The lowest BCUT2D eigenvalue weighted by Crippen LogP contribution is -2.37. The summed E-state index contributed by atoms with van der Waals surface area (Å²) in [5.41, 5.74) is 4.10. The zero-order valence-corrected chi connectivity index (χ0v) is 15.3. The number of nitrogens with zero attached hydrogens (tertiary/aromatic N) is 1. The normalized spacial score (nSPS) is 16.5. The lowest BCUT2D eigenvalue weighted by Gasteiger charge is -2.28. The Labute approximate surface area is 148 Å². The fourth-order valence-corrected chi connectivity index (χ4v) is 4.52. The van der Waals surface area contributed by atoms with Crippen LogP contribution in [-0.4, -0.2) is 26.6 Å². The number of benzene rings is 2. The molecular formula is C19H22N2O3S. The second kappa shape index (κ2) is 6.88. The number of anilines is 2. The van der Waals surface area contributed by atoms with Crippen LogP contribution in [0.25, 0.3) is 0 Å². The van der Waals surface area contributed by atoms with E-state index in [2.05, 4.69) is 5.32 Å². The monoisotopic (exact) mass is 358 g/mol. The molecule has 6 heteroatoms. The number of amides is 1. The van der Waals surface area contributed by atoms with Crippen molar-refractivity contribution in [1.82, 2.24) is 0 Å². The van der Waals surface area contributed by atoms with Crippen LogP contribution in [0.5, 0.6) is 0 Å². The predicted molar refractivity (Wildman–Crippen MR) is 101 cm³/mol. The molecule has 1 saturated heterocycles. The van der Waals surface area contributed by atoms with Gasteiger partial charge in [0.05, 0.1) is 11.4 Å². The summed E-state index contributed by atoms with van der Waals surface area (Å²) in [5, 5.41) is 2.85. The summed E-state index contributed by atoms with van der Waals surface area (Å²) in [5.74, 6) is 0.0135. The molecule has 1 N–H and O–H groups in total. The van der Waals surface area contributed by atoms with Gasteiger partial charge in [0.15, 0.2) is 0 Å². The fraction of sp³-hybridized carbons (Fsp3) is 0.316. The van der Waals surface area contributed by atoms with Crippen molar-refractivity contribution in [2.75, 3.05) is 21.9 Å². The minimum atomic E-state index is -3.22. The van der Waals surface area contributed by atoms with E-state index in [0.29, 0.717) is 29.9 Å². The average Bonchev–Trinajstić information content (AvgIpc) is 2.58. The number of sulfonamides is 1. The molecule has 5 nitrogen and oxygen atoms in total. The number of nitrogens with one attached hydrogen (secondary N) is 1. The quantitative estimate of drug-likeness (QED) is 0.913. The molecule has 0 bridgehead atoms. The van der Waals surface area contributed by atoms with E-state index >= 15 is 0 Å². The summed E-state index contributed by atoms with van der Waals surface area (Å²) < 4.78 is 25.7. The van der Waals surface area contributed by atoms with E-state index in [9.17, 15) is 13.2 Å². The van der Waals surface area contributed by atoms with E-state index in [4.69, 9.17) is 0 Å². The Balaban J connectivity index is 1.74. The summed E-state index contributed by atoms with van der Waals surface area (Å²) in [4.78, 5) is 12.3. The number of aryl methyl sites for hydroxylation is 2. The van der Waals surface area contributed by atoms with Crippen molar-refractivity contribution in [2.24, 2.45) is 0 Å². The highest BCUT2D eigenvalue weighted by atomic mass is 32.2. The molecule has 0 spiro atoms. The second-order valence-corrected chi connectivity index (χ2v) is 8.41. The zero-order valence-electron chi connectivity index (χ0n) is 14.5. The Hall–Kier alpha value is -2.34. The number of carbonyl (C=O) groups is 1. The highest BCUT2D eigenvalue weighted by Crippen LogP contribution is 2.25. The van der Waals surface area contributed by atoms with E-state index < -0.39 is 10.0 Å². The first-order valence-corrected chi connectivity index (χ1v) is 9.97. The van der Waals surface area contributed by atoms with Crippen molar-refractivity contribution in [3.63, 3.8) is 0 Å². The molecular weight excluding hydrogens is 336 g/mol. The van der Waals surface area contributed by atoms with Gasteiger partial charge < -0.3 is 5.32 Å². The first kappa shape index (κ1) is 17.5. The molecule has 1 fully saturated rings. The Bertz CT molecular complexity index is 889. The van der Waals surface area contributed by atoms with Gasteiger partial charge in [-0.2, -0.15) is 0 Å². The molecule has 1 amide bonds. The smallest absolute Gasteiger partial charge is 0.255 e. The van der Waals surface area contributed by atoms with Crippen molar-refractivity contribution in [2.45, 2.75) is 26.7 Å². The third kappa shape index (κ3) is 3.85. The van der Waals surface area contributed by atoms with Gasteiger partial charge in [0.1, 0.15) is 0 Å². The first-order chi connectivity index (χ1) is 11.9. The van der Waals surface area contributed by atoms with Crippen molar-refractivity contribution in [1.29, 1.82) is 0 Å². The van der Waals surface area contributed by atoms with Gasteiger partial charge in [0.2, 0.25) is 10.0 Å². The Morgan fingerprint density at radius 1 is 1.00 bits per heavy atom. The van der Waals surface area contributed by atoms with Gasteiger partial charge >= 0.3 is 0 Å². The first-order valence-electron chi connectivity index (χ1n) is 8.36. The van der Waals surface area contributed by atoms with E-state index in [1.165, 1.54) is 4.31 Å². The summed E-state index contributed by atoms with van der Waals surface area (Å²) in [7, 11) is -3.22. The van der Waals surface area contributed by atoms with Crippen LogP contribution in [0.2, 0.25) is 0 Å². The van der Waals surface area contributed by atoms with Gasteiger partial charge in [0, 0.05) is 17.8 Å². The molecule has 2 aromatic carbocycles. The van der Waals surface area contributed by atoms with Crippen LogP contribution in [0.3, 0.4) is 0 Å². The predicted octanol–water partition coefficient (Wildman–Crippen LogP) is 3.49. The summed E-state index contributed by atoms with van der Waals surface area (Å²) >= 11 is 0. The van der Waals surface area contributed by atoms with Crippen molar-refractivity contribution in [3.05, 3.63) is 59.2 Å². The SMILES string of the molecule is Cc1ccc(C(=O)Nc2ccc(N3CCCCS3(=O)=O)cc2)cc1C. The summed E-state index contributed by atoms with van der Waals surface area (Å²) in [6.45, 7) is 4.49. The highest BCUT2D eigenvalue weighted by molar-refractivity contribution is 7.92. The maximum atomic E-state index is 12.3. The average molecular weight is 358 g/mol. The number of rotatable bonds is 3. The number of hydrogen-bond donors (Lipinski definition) is 1. The van der Waals surface area contributed by atoms with Crippen LogP contribution >= 0.6 is 0 Å². The summed E-state index contributed by atoms with van der Waals surface area (Å²) in [6.07, 6.45) is 1.58. The van der Waals surface area contributed by atoms with Gasteiger partial charge in [-0.1, -0.05) is 6.07 Å². The Kier molecular flexibility index (Phi) is 4.81. The van der Waals surface area contributed by atoms with Gasteiger partial charge in [-0.15, -0.1) is 0 Å². The Morgan fingerprint density at radius 2 is 1.72 bits per heavy atom. The van der Waals surface area contributed by atoms with Crippen LogP contribution < -0.4 is 9.62 Å². The third-order valence-corrected chi connectivity index (χ3v) is 6.40. The molecule has 25 heavy (non-hydrogen) atoms. The molecule has 0 aliphatic carbocycles. The third-order valence-electron chi connectivity index (χ3n) is 4.53. The largest absolute Gasteiger partial charge is 0.322 e. The lowest BCUT2D eigenvalue weighted by molar-refractivity contribution is 0.102. The molecule has 0 atom stereocenters. The number of carbonyl (C=O) groups excluding carboxylic acids is 1. The van der Waals surface area contributed by atoms with Crippen LogP contribution in [-0.2, 0) is 10.0 Å². The molecule has 0 radical (unpaired) electrons. The second-order valence-electron chi connectivity index (χ2n) is 6.40. The van der Waals surface area contributed by atoms with Crippen molar-refractivity contribution >= 4 is 27.3 Å². The van der Waals surface area contributed by atoms with Gasteiger partial charge in [-0.3, -0.25) is 9.10 Å². The minimum absolute atomic E-state index is 0.179. The Morgan fingerprint density at radius 3 is 2.36 bits per heavy atom. The molecule has 0 saturated carbocycles. The van der Waals surface area contributed by atoms with E-state index in [-0.39, 0.29) is 11.7 Å². The van der Waals surface area contributed by atoms with Gasteiger partial charge in [-0.25, -0.2) is 8.42 Å². The topological polar surface area (TPSA) is 66.5 Å². The molecule has 1 aliphatic heterocycles. The van der Waals surface area contributed by atoms with Crippen molar-refractivity contribution < 1.29 is 13.2 Å². The molecule has 1 heterocycles. The maximum absolute atomic E-state index is 12.3. The fourth-order valence-electron chi connectivity index (χ4n) is 2.88. The van der Waals surface area contributed by atoms with Gasteiger partial charge in [0.25, 0.3) is 5.91 Å². The molecule has 1 aliphatic rings. The standard InChI is InChI=1S/C19H22N2O3S/c1-14-5-6-16(13-15(14)2)19(22)20-17-7-9-18(10-8-17)21-11-3-4-12-25(21,23)24/h5-10,13H,3-4,11-12H2,1-2H3,(H,20,22). The van der Waals surface area contributed by atoms with Gasteiger partial charge in [-0.05, 0) is 74.2 Å². The molecule has 0 unspecified atom stereocenters. The van der Waals surface area contributed by atoms with Crippen LogP contribution in [0.15, 0.2) is 42.5 Å².